The number of nitrogens with two attached hydrogens (primary N) is 2. The molecule has 0 aliphatic rings. The molecule has 0 aliphatic heterocycles. The van der Waals surface area contributed by atoms with Crippen LogP contribution in [0.25, 0.3) is 0 Å². The normalized spacial score (nSPS) is 11.5. The average Bonchev–Trinajstić information content (AvgIpc) is 3.02. The molecule has 0 saturated heterocycles. The van der Waals surface area contributed by atoms with Gasteiger partial charge in [-0.3, -0.25) is 9.59 Å². The van der Waals surface area contributed by atoms with E-state index in [9.17, 15) is 9.59 Å². The van der Waals surface area contributed by atoms with E-state index >= 15 is 0 Å². The van der Waals surface area contributed by atoms with E-state index < -0.39 is 5.91 Å². The molecule has 0 aromatic rings. The average molecular weight is 622 g/mol. The molecule has 2 amide bonds. The zero-order valence-electron chi connectivity index (χ0n) is 30.0. The van der Waals surface area contributed by atoms with Crippen LogP contribution >= 0.6 is 0 Å². The molecule has 0 radical (unpaired) electrons. The summed E-state index contributed by atoms with van der Waals surface area (Å²) in [7, 11) is 0. The second-order valence-electron chi connectivity index (χ2n) is 13.8. The lowest BCUT2D eigenvalue weighted by Crippen LogP contribution is -2.47. The standard InChI is InChI=1S/C39H79N3O2/c1-3-5-7-9-11-13-15-17-19-21-23-25-27-29-31-33-37(42(36-38(41)43)39(44)35-40)34-32-30-28-26-24-22-20-18-16-14-12-10-8-6-4-2/h37H,3-36,40H2,1-2H3,(H2,41,43). The van der Waals surface area contributed by atoms with Crippen LogP contribution in [0.2, 0.25) is 0 Å². The Morgan fingerprint density at radius 2 is 0.705 bits per heavy atom. The maximum Gasteiger partial charge on any atom is 0.237 e. The van der Waals surface area contributed by atoms with Crippen molar-refractivity contribution in [1.29, 1.82) is 0 Å². The minimum atomic E-state index is -0.440. The molecule has 5 nitrogen and oxygen atoms in total. The van der Waals surface area contributed by atoms with E-state index in [1.807, 2.05) is 0 Å². The van der Waals surface area contributed by atoms with Crippen LogP contribution in [-0.4, -0.2) is 35.8 Å². The van der Waals surface area contributed by atoms with Crippen molar-refractivity contribution in [3.63, 3.8) is 0 Å². The van der Waals surface area contributed by atoms with Crippen molar-refractivity contribution < 1.29 is 9.59 Å². The maximum absolute atomic E-state index is 12.6. The SMILES string of the molecule is CCCCCCCCCCCCCCCCCC(CCCCCCCCCCCCCCCCC)N(CC(N)=O)C(=O)CN. The van der Waals surface area contributed by atoms with Crippen molar-refractivity contribution in [2.75, 3.05) is 13.1 Å². The summed E-state index contributed by atoms with van der Waals surface area (Å²) in [4.78, 5) is 26.0. The number of amides is 2. The third-order valence-corrected chi connectivity index (χ3v) is 9.54. The minimum absolute atomic E-state index is 0.00181. The van der Waals surface area contributed by atoms with Gasteiger partial charge >= 0.3 is 0 Å². The summed E-state index contributed by atoms with van der Waals surface area (Å²) < 4.78 is 0. The Morgan fingerprint density at radius 3 is 0.932 bits per heavy atom. The Balaban J connectivity index is 4.05. The number of carbonyl (C=O) groups is 2. The smallest absolute Gasteiger partial charge is 0.237 e. The maximum atomic E-state index is 12.6. The number of unbranched alkanes of at least 4 members (excludes halogenated alkanes) is 28. The molecule has 5 heteroatoms. The van der Waals surface area contributed by atoms with E-state index in [-0.39, 0.29) is 25.0 Å². The van der Waals surface area contributed by atoms with Crippen LogP contribution in [0, 0.1) is 0 Å². The van der Waals surface area contributed by atoms with Crippen LogP contribution < -0.4 is 11.5 Å². The Kier molecular flexibility index (Phi) is 33.9. The first kappa shape index (κ1) is 42.9. The van der Waals surface area contributed by atoms with Crippen molar-refractivity contribution >= 4 is 11.8 Å². The summed E-state index contributed by atoms with van der Waals surface area (Å²) in [6, 6.07) is 0.0856. The Bertz CT molecular complexity index is 578. The number of carbonyl (C=O) groups excluding carboxylic acids is 2. The van der Waals surface area contributed by atoms with E-state index in [0.29, 0.717) is 0 Å². The Labute approximate surface area is 275 Å². The lowest BCUT2D eigenvalue weighted by molar-refractivity contribution is -0.136. The van der Waals surface area contributed by atoms with Crippen LogP contribution in [0.4, 0.5) is 0 Å². The van der Waals surface area contributed by atoms with Crippen molar-refractivity contribution in [3.8, 4) is 0 Å². The van der Waals surface area contributed by atoms with Crippen molar-refractivity contribution in [2.24, 2.45) is 11.5 Å². The van der Waals surface area contributed by atoms with E-state index in [4.69, 9.17) is 11.5 Å². The fourth-order valence-corrected chi connectivity index (χ4v) is 6.66. The van der Waals surface area contributed by atoms with Gasteiger partial charge in [0.2, 0.25) is 11.8 Å². The second-order valence-corrected chi connectivity index (χ2v) is 13.8. The second kappa shape index (κ2) is 34.8. The summed E-state index contributed by atoms with van der Waals surface area (Å²) in [6.07, 6.45) is 42.4. The molecule has 0 atom stereocenters. The van der Waals surface area contributed by atoms with E-state index in [2.05, 4.69) is 13.8 Å². The summed E-state index contributed by atoms with van der Waals surface area (Å²) in [6.45, 7) is 4.51. The fourth-order valence-electron chi connectivity index (χ4n) is 6.66. The summed E-state index contributed by atoms with van der Waals surface area (Å²) >= 11 is 0. The molecule has 262 valence electrons. The molecule has 0 saturated carbocycles. The number of hydrogen-bond acceptors (Lipinski definition) is 3. The van der Waals surface area contributed by atoms with Gasteiger partial charge in [0, 0.05) is 6.04 Å². The highest BCUT2D eigenvalue weighted by molar-refractivity contribution is 5.85. The van der Waals surface area contributed by atoms with Crippen LogP contribution in [0.5, 0.6) is 0 Å². The lowest BCUT2D eigenvalue weighted by atomic mass is 9.98. The van der Waals surface area contributed by atoms with Crippen LogP contribution in [0.15, 0.2) is 0 Å². The zero-order chi connectivity index (χ0) is 32.4. The van der Waals surface area contributed by atoms with Gasteiger partial charge in [-0.25, -0.2) is 0 Å². The lowest BCUT2D eigenvalue weighted by Gasteiger charge is -2.31. The Hall–Kier alpha value is -1.10. The predicted octanol–water partition coefficient (Wildman–Crippen LogP) is 11.2. The minimum Gasteiger partial charge on any atom is -0.368 e. The third-order valence-electron chi connectivity index (χ3n) is 9.54. The van der Waals surface area contributed by atoms with Crippen molar-refractivity contribution in [2.45, 2.75) is 225 Å². The van der Waals surface area contributed by atoms with E-state index in [1.54, 1.807) is 4.90 Å². The molecule has 4 N–H and O–H groups in total. The van der Waals surface area contributed by atoms with Gasteiger partial charge in [-0.05, 0) is 12.8 Å². The molecule has 44 heavy (non-hydrogen) atoms. The molecular formula is C39H79N3O2. The first-order valence-electron chi connectivity index (χ1n) is 19.8. The van der Waals surface area contributed by atoms with Gasteiger partial charge in [-0.2, -0.15) is 0 Å². The van der Waals surface area contributed by atoms with E-state index in [1.165, 1.54) is 180 Å². The number of nitrogens with zero attached hydrogens (tertiary/aromatic N) is 1. The van der Waals surface area contributed by atoms with Crippen LogP contribution in [0.1, 0.15) is 219 Å². The molecule has 0 aromatic carbocycles. The van der Waals surface area contributed by atoms with Gasteiger partial charge in [-0.15, -0.1) is 0 Å². The Morgan fingerprint density at radius 1 is 0.455 bits per heavy atom. The first-order chi connectivity index (χ1) is 21.6. The van der Waals surface area contributed by atoms with Gasteiger partial charge < -0.3 is 16.4 Å². The summed E-state index contributed by atoms with van der Waals surface area (Å²) in [5.41, 5.74) is 11.2. The van der Waals surface area contributed by atoms with Gasteiger partial charge in [0.1, 0.15) is 0 Å². The molecule has 0 spiro atoms. The molecule has 0 bridgehead atoms. The highest BCUT2D eigenvalue weighted by Crippen LogP contribution is 2.20. The molecule has 0 fully saturated rings. The fraction of sp³-hybridized carbons (Fsp3) is 0.949. The first-order valence-corrected chi connectivity index (χ1v) is 19.8. The molecule has 0 rings (SSSR count). The molecule has 0 unspecified atom stereocenters. The largest absolute Gasteiger partial charge is 0.368 e. The predicted molar refractivity (Wildman–Crippen MR) is 193 cm³/mol. The monoisotopic (exact) mass is 622 g/mol. The summed E-state index contributed by atoms with van der Waals surface area (Å²) in [5, 5.41) is 0. The number of primary amides is 1. The number of rotatable bonds is 36. The topological polar surface area (TPSA) is 89.4 Å². The quantitative estimate of drug-likeness (QED) is 0.0682. The third kappa shape index (κ3) is 29.6. The van der Waals surface area contributed by atoms with Gasteiger partial charge in [0.05, 0.1) is 13.1 Å². The van der Waals surface area contributed by atoms with Gasteiger partial charge in [0.15, 0.2) is 0 Å². The van der Waals surface area contributed by atoms with Crippen LogP contribution in [-0.2, 0) is 9.59 Å². The van der Waals surface area contributed by atoms with Gasteiger partial charge in [-0.1, -0.05) is 206 Å². The van der Waals surface area contributed by atoms with Crippen molar-refractivity contribution in [3.05, 3.63) is 0 Å². The highest BCUT2D eigenvalue weighted by atomic mass is 16.2. The number of hydrogen-bond donors (Lipinski definition) is 2. The van der Waals surface area contributed by atoms with Crippen LogP contribution in [0.3, 0.4) is 0 Å². The van der Waals surface area contributed by atoms with Gasteiger partial charge in [0.25, 0.3) is 0 Å². The van der Waals surface area contributed by atoms with E-state index in [0.717, 1.165) is 25.7 Å². The summed E-state index contributed by atoms with van der Waals surface area (Å²) in [5.74, 6) is -0.583. The molecule has 0 heterocycles. The zero-order valence-corrected chi connectivity index (χ0v) is 30.0. The highest BCUT2D eigenvalue weighted by Gasteiger charge is 2.23. The van der Waals surface area contributed by atoms with Crippen molar-refractivity contribution in [1.82, 2.24) is 4.90 Å². The molecular weight excluding hydrogens is 542 g/mol. The molecule has 0 aliphatic carbocycles. The molecule has 0 aromatic heterocycles.